The molecule has 1 unspecified atom stereocenters. The van der Waals surface area contributed by atoms with Crippen molar-refractivity contribution in [2.45, 2.75) is 50.0 Å². The van der Waals surface area contributed by atoms with Gasteiger partial charge in [-0.25, -0.2) is 4.39 Å². The zero-order chi connectivity index (χ0) is 17.9. The molecule has 1 saturated carbocycles. The van der Waals surface area contributed by atoms with Gasteiger partial charge in [0.05, 0.1) is 6.54 Å². The van der Waals surface area contributed by atoms with E-state index in [-0.39, 0.29) is 23.7 Å². The fourth-order valence-corrected chi connectivity index (χ4v) is 4.23. The summed E-state index contributed by atoms with van der Waals surface area (Å²) >= 11 is 0. The summed E-state index contributed by atoms with van der Waals surface area (Å²) in [5, 5.41) is 12.2. The van der Waals surface area contributed by atoms with Crippen LogP contribution < -0.4 is 5.32 Å². The number of carbonyl (C=O) groups is 2. The van der Waals surface area contributed by atoms with Crippen LogP contribution >= 0.6 is 0 Å². The van der Waals surface area contributed by atoms with Crippen molar-refractivity contribution in [2.24, 2.45) is 0 Å². The Morgan fingerprint density at radius 1 is 1.20 bits per heavy atom. The van der Waals surface area contributed by atoms with E-state index in [1.54, 1.807) is 4.90 Å². The van der Waals surface area contributed by atoms with Crippen molar-refractivity contribution < 1.29 is 19.1 Å². The van der Waals surface area contributed by atoms with Crippen molar-refractivity contribution in [1.82, 2.24) is 10.2 Å². The van der Waals surface area contributed by atoms with E-state index in [1.807, 2.05) is 12.1 Å². The maximum absolute atomic E-state index is 13.2. The summed E-state index contributed by atoms with van der Waals surface area (Å²) in [6, 6.07) is 6.02. The van der Waals surface area contributed by atoms with E-state index < -0.39 is 12.0 Å². The number of carbonyl (C=O) groups excluding carboxylic acids is 1. The molecule has 3 rings (SSSR count). The van der Waals surface area contributed by atoms with Crippen LogP contribution in [0, 0.1) is 5.82 Å². The Labute approximate surface area is 147 Å². The third-order valence-electron chi connectivity index (χ3n) is 5.64. The van der Waals surface area contributed by atoms with Crippen LogP contribution in [-0.4, -0.2) is 47.6 Å². The van der Waals surface area contributed by atoms with Gasteiger partial charge in [-0.15, -0.1) is 0 Å². The second-order valence-corrected chi connectivity index (χ2v) is 7.24. The monoisotopic (exact) mass is 348 g/mol. The minimum absolute atomic E-state index is 0.121. The first-order valence-electron chi connectivity index (χ1n) is 9.00. The molecule has 5 nitrogen and oxygen atoms in total. The molecule has 1 aliphatic carbocycles. The first-order chi connectivity index (χ1) is 12.0. The average molecular weight is 348 g/mol. The van der Waals surface area contributed by atoms with Gasteiger partial charge in [-0.2, -0.15) is 0 Å². The molecular weight excluding hydrogens is 323 g/mol. The Morgan fingerprint density at radius 2 is 1.88 bits per heavy atom. The number of carboxylic acids is 1. The molecule has 1 aliphatic heterocycles. The molecule has 0 bridgehead atoms. The summed E-state index contributed by atoms with van der Waals surface area (Å²) in [6.07, 6.45) is 5.55. The van der Waals surface area contributed by atoms with E-state index in [9.17, 15) is 19.1 Å². The van der Waals surface area contributed by atoms with E-state index in [4.69, 9.17) is 0 Å². The number of hydrogen-bond acceptors (Lipinski definition) is 3. The van der Waals surface area contributed by atoms with Crippen molar-refractivity contribution in [2.75, 3.05) is 19.6 Å². The van der Waals surface area contributed by atoms with Gasteiger partial charge in [-0.05, 0) is 49.9 Å². The average Bonchev–Trinajstić information content (AvgIpc) is 3.23. The molecule has 2 aliphatic rings. The van der Waals surface area contributed by atoms with Gasteiger partial charge in [0.25, 0.3) is 0 Å². The number of likely N-dealkylation sites (tertiary alicyclic amines) is 1. The molecule has 2 fully saturated rings. The Morgan fingerprint density at radius 3 is 2.52 bits per heavy atom. The number of rotatable bonds is 6. The smallest absolute Gasteiger partial charge is 0.320 e. The number of amides is 1. The summed E-state index contributed by atoms with van der Waals surface area (Å²) in [4.78, 5) is 25.3. The lowest BCUT2D eigenvalue weighted by molar-refractivity contribution is -0.142. The number of benzene rings is 1. The second-order valence-electron chi connectivity index (χ2n) is 7.24. The van der Waals surface area contributed by atoms with Crippen molar-refractivity contribution in [3.8, 4) is 0 Å². The summed E-state index contributed by atoms with van der Waals surface area (Å²) in [5.74, 6) is -1.25. The van der Waals surface area contributed by atoms with Crippen molar-refractivity contribution >= 4 is 11.9 Å². The molecule has 6 heteroatoms. The number of carboxylic acid groups (broad SMARTS) is 1. The summed E-state index contributed by atoms with van der Waals surface area (Å²) in [5.41, 5.74) is 0.928. The molecule has 1 aromatic rings. The Bertz CT molecular complexity index is 626. The summed E-state index contributed by atoms with van der Waals surface area (Å²) < 4.78 is 13.2. The first-order valence-corrected chi connectivity index (χ1v) is 9.00. The molecule has 136 valence electrons. The molecule has 2 N–H and O–H groups in total. The van der Waals surface area contributed by atoms with Crippen LogP contribution in [-0.2, 0) is 15.0 Å². The van der Waals surface area contributed by atoms with Crippen LogP contribution in [0.15, 0.2) is 24.3 Å². The largest absolute Gasteiger partial charge is 0.480 e. The number of nitrogens with zero attached hydrogens (tertiary/aromatic N) is 1. The van der Waals surface area contributed by atoms with Crippen LogP contribution in [0.4, 0.5) is 4.39 Å². The third kappa shape index (κ3) is 4.00. The lowest BCUT2D eigenvalue weighted by Gasteiger charge is -2.30. The van der Waals surface area contributed by atoms with Crippen molar-refractivity contribution in [1.29, 1.82) is 0 Å². The molecule has 1 saturated heterocycles. The number of halogens is 1. The lowest BCUT2D eigenvalue weighted by Crippen LogP contribution is -2.46. The van der Waals surface area contributed by atoms with E-state index in [0.717, 1.165) is 37.7 Å². The van der Waals surface area contributed by atoms with Gasteiger partial charge < -0.3 is 10.4 Å². The highest BCUT2D eigenvalue weighted by atomic mass is 19.1. The summed E-state index contributed by atoms with van der Waals surface area (Å²) in [6.45, 7) is 1.28. The Kier molecular flexibility index (Phi) is 5.37. The molecule has 1 aromatic carbocycles. The van der Waals surface area contributed by atoms with Gasteiger partial charge in [0.2, 0.25) is 5.91 Å². The van der Waals surface area contributed by atoms with E-state index >= 15 is 0 Å². The van der Waals surface area contributed by atoms with Crippen LogP contribution in [0.3, 0.4) is 0 Å². The molecule has 1 heterocycles. The van der Waals surface area contributed by atoms with Crippen LogP contribution in [0.5, 0.6) is 0 Å². The highest BCUT2D eigenvalue weighted by Crippen LogP contribution is 2.40. The molecule has 25 heavy (non-hydrogen) atoms. The van der Waals surface area contributed by atoms with Gasteiger partial charge in [0.15, 0.2) is 0 Å². The van der Waals surface area contributed by atoms with E-state index in [1.165, 1.54) is 12.1 Å². The van der Waals surface area contributed by atoms with Gasteiger partial charge in [0.1, 0.15) is 11.9 Å². The van der Waals surface area contributed by atoms with Gasteiger partial charge in [-0.1, -0.05) is 25.0 Å². The first kappa shape index (κ1) is 17.9. The highest BCUT2D eigenvalue weighted by Gasteiger charge is 2.37. The normalized spacial score (nSPS) is 22.8. The van der Waals surface area contributed by atoms with E-state index in [2.05, 4.69) is 5.32 Å². The third-order valence-corrected chi connectivity index (χ3v) is 5.64. The lowest BCUT2D eigenvalue weighted by atomic mass is 9.79. The van der Waals surface area contributed by atoms with Crippen LogP contribution in [0.2, 0.25) is 0 Å². The van der Waals surface area contributed by atoms with Gasteiger partial charge in [-0.3, -0.25) is 14.5 Å². The second kappa shape index (κ2) is 7.52. The molecule has 0 radical (unpaired) electrons. The highest BCUT2D eigenvalue weighted by molar-refractivity contribution is 5.80. The van der Waals surface area contributed by atoms with Crippen molar-refractivity contribution in [3.63, 3.8) is 0 Å². The number of aliphatic carboxylic acids is 1. The predicted molar refractivity (Wildman–Crippen MR) is 91.8 cm³/mol. The fourth-order valence-electron chi connectivity index (χ4n) is 4.23. The summed E-state index contributed by atoms with van der Waals surface area (Å²) in [7, 11) is 0. The van der Waals surface area contributed by atoms with Crippen molar-refractivity contribution in [3.05, 3.63) is 35.6 Å². The van der Waals surface area contributed by atoms with Crippen LogP contribution in [0.25, 0.3) is 0 Å². The molecule has 1 amide bonds. The maximum atomic E-state index is 13.2. The predicted octanol–water partition coefficient (Wildman–Crippen LogP) is 2.30. The van der Waals surface area contributed by atoms with Gasteiger partial charge >= 0.3 is 5.97 Å². The molecule has 1 atom stereocenters. The minimum Gasteiger partial charge on any atom is -0.480 e. The Hall–Kier alpha value is -1.95. The molecular formula is C19H25FN2O3. The quantitative estimate of drug-likeness (QED) is 0.828. The Balaban J connectivity index is 1.61. The van der Waals surface area contributed by atoms with E-state index in [0.29, 0.717) is 19.5 Å². The zero-order valence-electron chi connectivity index (χ0n) is 14.3. The van der Waals surface area contributed by atoms with Crippen LogP contribution in [0.1, 0.15) is 44.1 Å². The SMILES string of the molecule is O=C(CN1CCCC1C(=O)O)NCC1(c2ccc(F)cc2)CCCC1. The molecule has 0 aromatic heterocycles. The standard InChI is InChI=1S/C19H25FN2O3/c20-15-7-5-14(6-8-15)19(9-1-2-10-19)13-21-17(23)12-22-11-3-4-16(22)18(24)25/h5-8,16H,1-4,9-13H2,(H,21,23)(H,24,25). The topological polar surface area (TPSA) is 69.6 Å². The number of nitrogens with one attached hydrogen (secondary N) is 1. The zero-order valence-corrected chi connectivity index (χ0v) is 14.3. The van der Waals surface area contributed by atoms with Gasteiger partial charge in [0, 0.05) is 12.0 Å². The fraction of sp³-hybridized carbons (Fsp3) is 0.579. The molecule has 0 spiro atoms. The number of hydrogen-bond donors (Lipinski definition) is 2. The maximum Gasteiger partial charge on any atom is 0.320 e. The minimum atomic E-state index is -0.858.